The number of nitrogens with zero attached hydrogens (tertiary/aromatic N) is 2. The summed E-state index contributed by atoms with van der Waals surface area (Å²) >= 11 is 12.5. The van der Waals surface area contributed by atoms with Crippen molar-refractivity contribution in [1.29, 1.82) is 5.26 Å². The van der Waals surface area contributed by atoms with Crippen LogP contribution in [0.4, 0.5) is 5.69 Å². The van der Waals surface area contributed by atoms with Crippen molar-refractivity contribution in [2.75, 3.05) is 5.32 Å². The molecule has 0 bridgehead atoms. The minimum Gasteiger partial charge on any atom is -0.347 e. The Bertz CT molecular complexity index is 620. The molecule has 0 saturated heterocycles. The average molecular weight is 352 g/mol. The molecule has 22 heavy (non-hydrogen) atoms. The molecule has 1 fully saturated rings. The first-order valence-corrected chi connectivity index (χ1v) is 9.17. The van der Waals surface area contributed by atoms with Crippen LogP contribution in [0, 0.1) is 11.3 Å². The molecule has 1 aromatic carbocycles. The number of halogens is 1. The van der Waals surface area contributed by atoms with Crippen LogP contribution in [0.25, 0.3) is 0 Å². The molecule has 0 amide bonds. The maximum absolute atomic E-state index is 9.50. The number of hydrogen-bond acceptors (Lipinski definition) is 5. The second kappa shape index (κ2) is 7.18. The van der Waals surface area contributed by atoms with E-state index in [1.807, 2.05) is 24.3 Å². The number of thiol groups is 1. The zero-order valence-electron chi connectivity index (χ0n) is 12.1. The summed E-state index contributed by atoms with van der Waals surface area (Å²) in [5, 5.41) is 14.2. The Kier molecular flexibility index (Phi) is 5.25. The third-order valence-corrected chi connectivity index (χ3v) is 6.33. The van der Waals surface area contributed by atoms with E-state index in [0.29, 0.717) is 16.6 Å². The van der Waals surface area contributed by atoms with Crippen LogP contribution < -0.4 is 5.32 Å². The van der Waals surface area contributed by atoms with Gasteiger partial charge in [-0.05, 0) is 36.9 Å². The lowest BCUT2D eigenvalue weighted by Gasteiger charge is -2.32. The number of anilines is 1. The van der Waals surface area contributed by atoms with Gasteiger partial charge >= 0.3 is 0 Å². The maximum atomic E-state index is 9.50. The summed E-state index contributed by atoms with van der Waals surface area (Å²) in [7, 11) is 0. The molecule has 1 N–H and O–H groups in total. The predicted molar refractivity (Wildman–Crippen MR) is 96.8 cm³/mol. The van der Waals surface area contributed by atoms with E-state index < -0.39 is 0 Å². The van der Waals surface area contributed by atoms with Crippen LogP contribution in [0.2, 0.25) is 5.02 Å². The van der Waals surface area contributed by atoms with Crippen molar-refractivity contribution in [3.8, 4) is 6.07 Å². The van der Waals surface area contributed by atoms with Crippen molar-refractivity contribution in [3.05, 3.63) is 39.9 Å². The minimum atomic E-state index is -0.150. The van der Waals surface area contributed by atoms with Gasteiger partial charge in [0.2, 0.25) is 0 Å². The SMILES string of the molecule is N#CC1=C(Nc2ccccc2Cl)SN(C2CCCCC2)C1S. The maximum Gasteiger partial charge on any atom is 0.105 e. The smallest absolute Gasteiger partial charge is 0.105 e. The quantitative estimate of drug-likeness (QED) is 0.591. The fourth-order valence-corrected chi connectivity index (χ4v) is 4.92. The first-order valence-electron chi connectivity index (χ1n) is 7.51. The molecule has 2 aliphatic rings. The molecule has 1 saturated carbocycles. The highest BCUT2D eigenvalue weighted by Crippen LogP contribution is 2.44. The van der Waals surface area contributed by atoms with Gasteiger partial charge in [-0.25, -0.2) is 4.31 Å². The zero-order valence-corrected chi connectivity index (χ0v) is 14.6. The van der Waals surface area contributed by atoms with Gasteiger partial charge < -0.3 is 5.32 Å². The third kappa shape index (κ3) is 3.26. The number of rotatable bonds is 3. The Balaban J connectivity index is 1.79. The molecule has 1 aromatic rings. The normalized spacial score (nSPS) is 23.6. The number of hydrogen-bond donors (Lipinski definition) is 2. The van der Waals surface area contributed by atoms with Gasteiger partial charge in [0.05, 0.1) is 16.3 Å². The van der Waals surface area contributed by atoms with Crippen molar-refractivity contribution >= 4 is 41.9 Å². The Morgan fingerprint density at radius 1 is 1.27 bits per heavy atom. The number of para-hydroxylation sites is 1. The summed E-state index contributed by atoms with van der Waals surface area (Å²) < 4.78 is 2.26. The topological polar surface area (TPSA) is 39.1 Å². The number of benzene rings is 1. The van der Waals surface area contributed by atoms with Crippen molar-refractivity contribution in [2.45, 2.75) is 43.5 Å². The van der Waals surface area contributed by atoms with Crippen LogP contribution in [0.1, 0.15) is 32.1 Å². The number of nitriles is 1. The molecule has 3 rings (SSSR count). The van der Waals surface area contributed by atoms with Crippen molar-refractivity contribution in [1.82, 2.24) is 4.31 Å². The summed E-state index contributed by atoms with van der Waals surface area (Å²) in [4.78, 5) is 0. The van der Waals surface area contributed by atoms with Gasteiger partial charge in [-0.2, -0.15) is 17.9 Å². The lowest BCUT2D eigenvalue weighted by atomic mass is 9.95. The molecular formula is C16H18ClN3S2. The largest absolute Gasteiger partial charge is 0.347 e. The highest BCUT2D eigenvalue weighted by molar-refractivity contribution is 8.02. The molecule has 0 spiro atoms. The van der Waals surface area contributed by atoms with Crippen molar-refractivity contribution in [2.24, 2.45) is 0 Å². The molecule has 1 heterocycles. The van der Waals surface area contributed by atoms with Crippen LogP contribution in [-0.2, 0) is 0 Å². The van der Waals surface area contributed by atoms with Crippen LogP contribution >= 0.6 is 36.2 Å². The van der Waals surface area contributed by atoms with Gasteiger partial charge in [-0.3, -0.25) is 0 Å². The molecule has 0 radical (unpaired) electrons. The second-order valence-electron chi connectivity index (χ2n) is 5.58. The van der Waals surface area contributed by atoms with Gasteiger partial charge in [-0.15, -0.1) is 0 Å². The predicted octanol–water partition coefficient (Wildman–Crippen LogP) is 5.04. The van der Waals surface area contributed by atoms with Gasteiger partial charge in [0.15, 0.2) is 0 Å². The van der Waals surface area contributed by atoms with E-state index in [1.165, 1.54) is 32.1 Å². The van der Waals surface area contributed by atoms with E-state index in [4.69, 9.17) is 11.6 Å². The molecule has 1 unspecified atom stereocenters. The Morgan fingerprint density at radius 2 is 2.00 bits per heavy atom. The summed E-state index contributed by atoms with van der Waals surface area (Å²) in [6.07, 6.45) is 6.20. The fourth-order valence-electron chi connectivity index (χ4n) is 2.94. The summed E-state index contributed by atoms with van der Waals surface area (Å²) in [6, 6.07) is 10.4. The lowest BCUT2D eigenvalue weighted by Crippen LogP contribution is -2.34. The summed E-state index contributed by atoms with van der Waals surface area (Å²) in [6.45, 7) is 0. The van der Waals surface area contributed by atoms with Crippen molar-refractivity contribution in [3.63, 3.8) is 0 Å². The molecule has 1 aliphatic carbocycles. The first kappa shape index (κ1) is 16.1. The van der Waals surface area contributed by atoms with E-state index in [1.54, 1.807) is 11.9 Å². The van der Waals surface area contributed by atoms with Gasteiger partial charge in [-0.1, -0.05) is 43.0 Å². The lowest BCUT2D eigenvalue weighted by molar-refractivity contribution is 0.280. The van der Waals surface area contributed by atoms with E-state index in [-0.39, 0.29) is 5.37 Å². The Morgan fingerprint density at radius 3 is 2.68 bits per heavy atom. The molecule has 0 aromatic heterocycles. The number of nitrogens with one attached hydrogen (secondary N) is 1. The van der Waals surface area contributed by atoms with E-state index in [0.717, 1.165) is 10.7 Å². The highest BCUT2D eigenvalue weighted by atomic mass is 35.5. The van der Waals surface area contributed by atoms with Crippen LogP contribution in [0.15, 0.2) is 34.9 Å². The minimum absolute atomic E-state index is 0.150. The van der Waals surface area contributed by atoms with Gasteiger partial charge in [0, 0.05) is 6.04 Å². The average Bonchev–Trinajstić information content (AvgIpc) is 2.86. The summed E-state index contributed by atoms with van der Waals surface area (Å²) in [5.41, 5.74) is 1.50. The van der Waals surface area contributed by atoms with Crippen LogP contribution in [0.3, 0.4) is 0 Å². The highest BCUT2D eigenvalue weighted by Gasteiger charge is 2.37. The molecule has 3 nitrogen and oxygen atoms in total. The zero-order chi connectivity index (χ0) is 15.5. The van der Waals surface area contributed by atoms with E-state index in [9.17, 15) is 5.26 Å². The van der Waals surface area contributed by atoms with Gasteiger partial charge in [0.25, 0.3) is 0 Å². The van der Waals surface area contributed by atoms with Crippen molar-refractivity contribution < 1.29 is 0 Å². The first-order chi connectivity index (χ1) is 10.7. The molecule has 1 atom stereocenters. The van der Waals surface area contributed by atoms with Crippen LogP contribution in [0.5, 0.6) is 0 Å². The molecule has 6 heteroatoms. The van der Waals surface area contributed by atoms with Gasteiger partial charge in [0.1, 0.15) is 16.5 Å². The molecular weight excluding hydrogens is 334 g/mol. The summed E-state index contributed by atoms with van der Waals surface area (Å²) in [5.74, 6) is 0. The monoisotopic (exact) mass is 351 g/mol. The molecule has 116 valence electrons. The Hall–Kier alpha value is -0.800. The Labute approximate surface area is 146 Å². The molecule has 1 aliphatic heterocycles. The fraction of sp³-hybridized carbons (Fsp3) is 0.438. The standard InChI is InChI=1S/C16H18ClN3S2/c17-13-8-4-5-9-14(13)19-15-12(10-18)16(21)20(22-15)11-6-2-1-3-7-11/h4-5,8-9,11,16,19,21H,1-3,6-7H2. The third-order valence-electron chi connectivity index (χ3n) is 4.12. The van der Waals surface area contributed by atoms with Crippen LogP contribution in [-0.4, -0.2) is 15.7 Å². The van der Waals surface area contributed by atoms with E-state index >= 15 is 0 Å². The van der Waals surface area contributed by atoms with E-state index in [2.05, 4.69) is 28.3 Å². The second-order valence-corrected chi connectivity index (χ2v) is 7.48.